The van der Waals surface area contributed by atoms with Crippen LogP contribution in [0.2, 0.25) is 5.02 Å². The summed E-state index contributed by atoms with van der Waals surface area (Å²) >= 11 is 6.15. The van der Waals surface area contributed by atoms with Crippen LogP contribution in [0.5, 0.6) is 0 Å². The van der Waals surface area contributed by atoms with Crippen LogP contribution in [0.3, 0.4) is 0 Å². The lowest BCUT2D eigenvalue weighted by atomic mass is 10.3. The van der Waals surface area contributed by atoms with Gasteiger partial charge in [-0.2, -0.15) is 10.1 Å². The van der Waals surface area contributed by atoms with Crippen LogP contribution >= 0.6 is 11.6 Å². The van der Waals surface area contributed by atoms with Gasteiger partial charge in [-0.05, 0) is 45.4 Å². The summed E-state index contributed by atoms with van der Waals surface area (Å²) < 4.78 is 12.2. The monoisotopic (exact) mass is 389 g/mol. The Morgan fingerprint density at radius 2 is 2.11 bits per heavy atom. The van der Waals surface area contributed by atoms with Crippen LogP contribution in [0, 0.1) is 13.8 Å². The molecular formula is C18H20ClN5O3. The van der Waals surface area contributed by atoms with Gasteiger partial charge >= 0.3 is 5.97 Å². The number of aromatic nitrogens is 5. The molecule has 0 bridgehead atoms. The number of pyridine rings is 1. The lowest BCUT2D eigenvalue weighted by molar-refractivity contribution is 0.0258. The molecule has 0 fully saturated rings. The van der Waals surface area contributed by atoms with Crippen molar-refractivity contribution < 1.29 is 14.1 Å². The Labute approximate surface area is 161 Å². The van der Waals surface area contributed by atoms with E-state index in [9.17, 15) is 4.79 Å². The van der Waals surface area contributed by atoms with Crippen LogP contribution in [0.1, 0.15) is 60.0 Å². The average molecular weight is 390 g/mol. The predicted molar refractivity (Wildman–Crippen MR) is 98.0 cm³/mol. The lowest BCUT2D eigenvalue weighted by Gasteiger charge is -2.11. The van der Waals surface area contributed by atoms with E-state index in [0.717, 1.165) is 17.8 Å². The molecule has 0 radical (unpaired) electrons. The number of ether oxygens (including phenoxy) is 1. The molecule has 0 saturated heterocycles. The normalized spacial score (nSPS) is 12.2. The highest BCUT2D eigenvalue weighted by atomic mass is 35.5. The summed E-state index contributed by atoms with van der Waals surface area (Å²) in [6.45, 7) is 7.45. The van der Waals surface area contributed by atoms with Crippen LogP contribution in [0.25, 0.3) is 5.82 Å². The molecular weight excluding hydrogens is 370 g/mol. The third-order valence-electron chi connectivity index (χ3n) is 3.84. The maximum absolute atomic E-state index is 12.6. The minimum absolute atomic E-state index is 0.00173. The fraction of sp³-hybridized carbons (Fsp3) is 0.389. The Morgan fingerprint density at radius 3 is 2.78 bits per heavy atom. The second kappa shape index (κ2) is 7.87. The Hall–Kier alpha value is -2.74. The van der Waals surface area contributed by atoms with Gasteiger partial charge in [0.2, 0.25) is 0 Å². The van der Waals surface area contributed by atoms with Crippen LogP contribution < -0.4 is 0 Å². The van der Waals surface area contributed by atoms with Gasteiger partial charge in [0.25, 0.3) is 5.89 Å². The van der Waals surface area contributed by atoms with Crippen LogP contribution in [-0.4, -0.2) is 30.9 Å². The zero-order valence-electron chi connectivity index (χ0n) is 15.6. The molecule has 0 N–H and O–H groups in total. The van der Waals surface area contributed by atoms with E-state index in [4.69, 9.17) is 20.9 Å². The molecule has 0 amide bonds. The summed E-state index contributed by atoms with van der Waals surface area (Å²) in [5.41, 5.74) is 1.74. The zero-order chi connectivity index (χ0) is 19.6. The van der Waals surface area contributed by atoms with Gasteiger partial charge in [-0.1, -0.05) is 23.7 Å². The van der Waals surface area contributed by atoms with Gasteiger partial charge in [0.15, 0.2) is 23.4 Å². The second-order valence-corrected chi connectivity index (χ2v) is 6.59. The highest BCUT2D eigenvalue weighted by Crippen LogP contribution is 2.22. The quantitative estimate of drug-likeness (QED) is 0.591. The van der Waals surface area contributed by atoms with E-state index in [1.54, 1.807) is 23.7 Å². The van der Waals surface area contributed by atoms with E-state index in [-0.39, 0.29) is 16.6 Å². The molecule has 3 rings (SSSR count). The summed E-state index contributed by atoms with van der Waals surface area (Å²) in [7, 11) is 0. The first kappa shape index (κ1) is 19.0. The summed E-state index contributed by atoms with van der Waals surface area (Å²) in [6, 6.07) is 5.20. The van der Waals surface area contributed by atoms with E-state index in [1.165, 1.54) is 0 Å². The Kier molecular flexibility index (Phi) is 5.55. The summed E-state index contributed by atoms with van der Waals surface area (Å²) in [5, 5.41) is 8.41. The van der Waals surface area contributed by atoms with Crippen LogP contribution in [0.4, 0.5) is 0 Å². The number of nitrogens with zero attached hydrogens (tertiary/aromatic N) is 5. The number of carbonyl (C=O) groups is 1. The summed E-state index contributed by atoms with van der Waals surface area (Å²) in [4.78, 5) is 21.1. The van der Waals surface area contributed by atoms with E-state index in [0.29, 0.717) is 18.1 Å². The van der Waals surface area contributed by atoms with Crippen molar-refractivity contribution in [1.82, 2.24) is 24.9 Å². The maximum Gasteiger partial charge on any atom is 0.359 e. The van der Waals surface area contributed by atoms with E-state index >= 15 is 0 Å². The van der Waals surface area contributed by atoms with Crippen molar-refractivity contribution in [3.05, 3.63) is 52.0 Å². The number of carbonyl (C=O) groups excluding carboxylic acids is 1. The first-order valence-electron chi connectivity index (χ1n) is 8.62. The Morgan fingerprint density at radius 1 is 1.33 bits per heavy atom. The van der Waals surface area contributed by atoms with Crippen molar-refractivity contribution in [1.29, 1.82) is 0 Å². The number of hydrogen-bond acceptors (Lipinski definition) is 7. The molecule has 142 valence electrons. The highest BCUT2D eigenvalue weighted by Gasteiger charge is 2.23. The molecule has 0 aliphatic rings. The molecule has 9 heteroatoms. The fourth-order valence-corrected chi connectivity index (χ4v) is 2.76. The van der Waals surface area contributed by atoms with Gasteiger partial charge in [0.05, 0.1) is 10.7 Å². The predicted octanol–water partition coefficient (Wildman–Crippen LogP) is 3.79. The molecule has 27 heavy (non-hydrogen) atoms. The largest absolute Gasteiger partial charge is 0.448 e. The van der Waals surface area contributed by atoms with Crippen molar-refractivity contribution >= 4 is 17.6 Å². The summed E-state index contributed by atoms with van der Waals surface area (Å²) in [6.07, 6.45) is 0.874. The third kappa shape index (κ3) is 4.16. The van der Waals surface area contributed by atoms with Crippen molar-refractivity contribution in [2.24, 2.45) is 0 Å². The molecule has 1 atom stereocenters. The number of halogens is 1. The van der Waals surface area contributed by atoms with E-state index in [2.05, 4.69) is 20.2 Å². The van der Waals surface area contributed by atoms with E-state index in [1.807, 2.05) is 26.8 Å². The summed E-state index contributed by atoms with van der Waals surface area (Å²) in [5.74, 6) is 0.620. The van der Waals surface area contributed by atoms with Crippen molar-refractivity contribution in [2.45, 2.75) is 46.6 Å². The molecule has 3 heterocycles. The SMILES string of the molecule is CCCc1noc(C(C)OC(=O)c2nc(-n3nc(C)cc3C)ccc2Cl)n1. The standard InChI is InChI=1S/C18H20ClN5O3/c1-5-6-14-20-17(27-23-14)12(4)26-18(25)16-13(19)7-8-15(21-16)24-11(3)9-10(2)22-24/h7-9,12H,5-6H2,1-4H3. The average Bonchev–Trinajstić information content (AvgIpc) is 3.22. The first-order chi connectivity index (χ1) is 12.9. The molecule has 0 aromatic carbocycles. The van der Waals surface area contributed by atoms with Gasteiger partial charge in [0.1, 0.15) is 0 Å². The number of hydrogen-bond donors (Lipinski definition) is 0. The Balaban J connectivity index is 1.81. The number of aryl methyl sites for hydroxylation is 3. The van der Waals surface area contributed by atoms with Gasteiger partial charge in [-0.3, -0.25) is 0 Å². The van der Waals surface area contributed by atoms with Gasteiger partial charge < -0.3 is 9.26 Å². The maximum atomic E-state index is 12.6. The van der Waals surface area contributed by atoms with Crippen molar-refractivity contribution in [2.75, 3.05) is 0 Å². The molecule has 1 unspecified atom stereocenters. The molecule has 0 aliphatic heterocycles. The number of rotatable bonds is 6. The topological polar surface area (TPSA) is 95.9 Å². The minimum atomic E-state index is -0.717. The number of esters is 1. The fourth-order valence-electron chi connectivity index (χ4n) is 2.58. The first-order valence-corrected chi connectivity index (χ1v) is 9.00. The van der Waals surface area contributed by atoms with Crippen molar-refractivity contribution in [3.8, 4) is 5.82 Å². The van der Waals surface area contributed by atoms with Crippen LogP contribution in [0.15, 0.2) is 22.7 Å². The highest BCUT2D eigenvalue weighted by molar-refractivity contribution is 6.33. The van der Waals surface area contributed by atoms with Crippen LogP contribution in [-0.2, 0) is 11.2 Å². The zero-order valence-corrected chi connectivity index (χ0v) is 16.3. The molecule has 3 aromatic heterocycles. The molecule has 0 spiro atoms. The molecule has 8 nitrogen and oxygen atoms in total. The smallest absolute Gasteiger partial charge is 0.359 e. The van der Waals surface area contributed by atoms with Gasteiger partial charge in [-0.25, -0.2) is 14.5 Å². The molecule has 0 saturated carbocycles. The second-order valence-electron chi connectivity index (χ2n) is 6.19. The van der Waals surface area contributed by atoms with E-state index < -0.39 is 12.1 Å². The van der Waals surface area contributed by atoms with Gasteiger partial charge in [0, 0.05) is 12.1 Å². The minimum Gasteiger partial charge on any atom is -0.448 e. The van der Waals surface area contributed by atoms with Crippen molar-refractivity contribution in [3.63, 3.8) is 0 Å². The molecule has 0 aliphatic carbocycles. The lowest BCUT2D eigenvalue weighted by Crippen LogP contribution is -2.14. The van der Waals surface area contributed by atoms with Gasteiger partial charge in [-0.15, -0.1) is 0 Å². The molecule has 3 aromatic rings. The Bertz CT molecular complexity index is 966. The third-order valence-corrected chi connectivity index (χ3v) is 4.15.